The Bertz CT molecular complexity index is 2480. The second kappa shape index (κ2) is 43.1. The van der Waals surface area contributed by atoms with Gasteiger partial charge in [0.05, 0.1) is 122 Å². The van der Waals surface area contributed by atoms with Crippen molar-refractivity contribution < 1.29 is 97.8 Å². The van der Waals surface area contributed by atoms with Gasteiger partial charge in [-0.1, -0.05) is 115 Å². The van der Waals surface area contributed by atoms with Gasteiger partial charge in [0.25, 0.3) is 0 Å². The molecule has 8 N–H and O–H groups in total. The van der Waals surface area contributed by atoms with Crippen molar-refractivity contribution in [3.05, 3.63) is 71.9 Å². The second-order valence-corrected chi connectivity index (χ2v) is 30.3. The summed E-state index contributed by atoms with van der Waals surface area (Å²) in [6, 6.07) is 0. The fraction of sp³-hybridized carbons (Fsp3) is 0.821. The predicted molar refractivity (Wildman–Crippen MR) is 377 cm³/mol. The summed E-state index contributed by atoms with van der Waals surface area (Å²) in [6.07, 6.45) is 14.1. The molecule has 20 nitrogen and oxygen atoms in total. The SMILES string of the molecule is CO[C@H]1C[C@H](CC[C@H](C)[C@@H](O)[C@H](C)[C@@H](O)[C@@H](C)[C@@H]2C[C@@H](O)[C@@H](C)[C@@H](OC)C[C@@H]3CC=C[C@@H](C[C@@H](O)CC=C(C)C=CC(=O)O[C@H]([C@@H](C)[C@H](O)[C@@H](C)CC[C@H]4C[C@H](OC)C[C@H](C)O4)[C@@H](C)[C@@H](O)C[C@@H](O)[C@@H](C)[C@@H](OC)C[C@@H]4CC=C[C@@H](C[C@@H](O)CC=C(C)C=CC(=O)O2)O4)O3)O[C@@H](C)C1. The molecule has 0 aromatic carbocycles. The quantitative estimate of drug-likeness (QED) is 0.0468. The molecule has 0 aromatic rings. The molecule has 2 saturated heterocycles. The van der Waals surface area contributed by atoms with E-state index in [0.29, 0.717) is 56.1 Å². The van der Waals surface area contributed by atoms with Gasteiger partial charge < -0.3 is 88.2 Å². The van der Waals surface area contributed by atoms with Crippen molar-refractivity contribution >= 4 is 11.9 Å². The number of aliphatic hydroxyl groups excluding tert-OH is 8. The third kappa shape index (κ3) is 28.1. The Labute approximate surface area is 587 Å². The Morgan fingerprint density at radius 1 is 0.469 bits per heavy atom. The Kier molecular flexibility index (Phi) is 37.6. The third-order valence-corrected chi connectivity index (χ3v) is 22.3. The van der Waals surface area contributed by atoms with Crippen molar-refractivity contribution in [2.24, 2.45) is 47.3 Å². The van der Waals surface area contributed by atoms with Crippen LogP contribution >= 0.6 is 0 Å². The number of aliphatic hydroxyl groups is 8. The second-order valence-electron chi connectivity index (χ2n) is 30.3. The largest absolute Gasteiger partial charge is 0.459 e. The van der Waals surface area contributed by atoms with E-state index < -0.39 is 133 Å². The topological polar surface area (TPSA) is 288 Å². The smallest absolute Gasteiger partial charge is 0.331 e. The molecule has 20 heteroatoms. The molecule has 5 rings (SSSR count). The average molecular weight is 1390 g/mol. The number of methoxy groups -OCH3 is 4. The van der Waals surface area contributed by atoms with E-state index in [4.69, 9.17) is 47.4 Å². The molecular formula is C78H132O20. The van der Waals surface area contributed by atoms with Gasteiger partial charge in [0, 0.05) is 108 Å². The zero-order valence-corrected chi connectivity index (χ0v) is 62.3. The van der Waals surface area contributed by atoms with E-state index in [1.807, 2.05) is 98.8 Å². The van der Waals surface area contributed by atoms with Crippen molar-refractivity contribution in [2.45, 2.75) is 333 Å². The number of rotatable bonds is 18. The zero-order valence-electron chi connectivity index (χ0n) is 62.3. The highest BCUT2D eigenvalue weighted by molar-refractivity contribution is 5.83. The van der Waals surface area contributed by atoms with E-state index in [2.05, 4.69) is 0 Å². The van der Waals surface area contributed by atoms with E-state index in [-0.39, 0.29) is 99.2 Å². The molecule has 2 fully saturated rings. The Balaban J connectivity index is 1.36. The number of ether oxygens (including phenoxy) is 10. The van der Waals surface area contributed by atoms with Gasteiger partial charge in [-0.2, -0.15) is 0 Å². The number of carbonyl (C=O) groups is 2. The van der Waals surface area contributed by atoms with Crippen molar-refractivity contribution in [3.63, 3.8) is 0 Å². The lowest BCUT2D eigenvalue weighted by atomic mass is 9.78. The lowest BCUT2D eigenvalue weighted by molar-refractivity contribution is -0.158. The standard InChI is InChI=1S/C78H132O20/c1-45-23-29-57(79)37-59-19-17-21-61(95-59)41-70(91-15)51(7)67(81)43-68(82)53(9)78(56(12)76(87)48(4)28-32-64-40-66(90-14)36-50(6)94-64)98-74(85)34-26-46(2)24-30-58(80)38-60-20-18-22-62(96-60)42-71(92-16)52(8)69(83)44-72(97-73(84)33-25-45)54(10)77(88)55(11)75(86)47(3)27-31-63-39-65(89-13)35-49(5)93-63/h17-20,23-26,33-34,47-72,75-83,86-88H,21-22,27-32,35-44H2,1-16H3/t47-,48-,49-,50-,51+,52+,53-,54-,55-,56-,57-,58-,59-,60-,61-,62-,63-,64-,65+,66+,67+,68-,69+,70-,71-,72-,75+,76+,77-,78-/m0/s1. The molecular weight excluding hydrogens is 1260 g/mol. The molecule has 0 radical (unpaired) electrons. The highest BCUT2D eigenvalue weighted by atomic mass is 16.6. The summed E-state index contributed by atoms with van der Waals surface area (Å²) in [5.74, 6) is -5.50. The van der Waals surface area contributed by atoms with Crippen molar-refractivity contribution in [2.75, 3.05) is 28.4 Å². The highest BCUT2D eigenvalue weighted by Crippen LogP contribution is 2.37. The highest BCUT2D eigenvalue weighted by Gasteiger charge is 2.42. The maximum absolute atomic E-state index is 13.9. The van der Waals surface area contributed by atoms with Crippen LogP contribution in [0.2, 0.25) is 0 Å². The zero-order chi connectivity index (χ0) is 72.5. The Morgan fingerprint density at radius 3 is 1.35 bits per heavy atom. The first kappa shape index (κ1) is 85.4. The van der Waals surface area contributed by atoms with E-state index >= 15 is 0 Å². The van der Waals surface area contributed by atoms with Crippen LogP contribution in [0.4, 0.5) is 0 Å². The molecule has 30 atom stereocenters. The van der Waals surface area contributed by atoms with Crippen LogP contribution in [0, 0.1) is 47.3 Å². The summed E-state index contributed by atoms with van der Waals surface area (Å²) in [5, 5.41) is 94.5. The van der Waals surface area contributed by atoms with Gasteiger partial charge in [0.2, 0.25) is 0 Å². The monoisotopic (exact) mass is 1390 g/mol. The van der Waals surface area contributed by atoms with Crippen LogP contribution in [0.5, 0.6) is 0 Å². The van der Waals surface area contributed by atoms with E-state index in [1.54, 1.807) is 61.4 Å². The fourth-order valence-electron chi connectivity index (χ4n) is 15.3. The molecule has 5 aliphatic heterocycles. The molecule has 564 valence electrons. The molecule has 5 aliphatic rings. The van der Waals surface area contributed by atoms with Crippen LogP contribution in [0.1, 0.15) is 199 Å². The van der Waals surface area contributed by atoms with Crippen molar-refractivity contribution in [3.8, 4) is 0 Å². The maximum atomic E-state index is 13.9. The maximum Gasteiger partial charge on any atom is 0.331 e. The van der Waals surface area contributed by atoms with Crippen LogP contribution in [-0.2, 0) is 57.0 Å². The van der Waals surface area contributed by atoms with Gasteiger partial charge in [-0.25, -0.2) is 9.59 Å². The summed E-state index contributed by atoms with van der Waals surface area (Å²) in [7, 11) is 6.59. The molecule has 0 aromatic heterocycles. The minimum Gasteiger partial charge on any atom is -0.459 e. The summed E-state index contributed by atoms with van der Waals surface area (Å²) in [6.45, 7) is 22.5. The van der Waals surface area contributed by atoms with Gasteiger partial charge in [0.1, 0.15) is 12.2 Å². The summed E-state index contributed by atoms with van der Waals surface area (Å²) < 4.78 is 61.3. The van der Waals surface area contributed by atoms with Gasteiger partial charge in [0.15, 0.2) is 0 Å². The number of hydrogen-bond acceptors (Lipinski definition) is 20. The first-order valence-corrected chi connectivity index (χ1v) is 37.1. The average Bonchev–Trinajstić information content (AvgIpc) is 0.854. The van der Waals surface area contributed by atoms with Gasteiger partial charge >= 0.3 is 11.9 Å². The lowest BCUT2D eigenvalue weighted by Gasteiger charge is -2.38. The molecule has 4 bridgehead atoms. The number of cyclic esters (lactones) is 2. The molecule has 0 spiro atoms. The van der Waals surface area contributed by atoms with E-state index in [9.17, 15) is 50.4 Å². The lowest BCUT2D eigenvalue weighted by Crippen LogP contribution is -2.45. The molecule has 0 aliphatic carbocycles. The summed E-state index contributed by atoms with van der Waals surface area (Å²) in [4.78, 5) is 27.8. The first-order chi connectivity index (χ1) is 46.4. The van der Waals surface area contributed by atoms with Crippen LogP contribution in [-0.4, -0.2) is 216 Å². The molecule has 0 amide bonds. The normalized spacial score (nSPS) is 38.2. The number of allylic oxidation sites excluding steroid dienone is 4. The number of esters is 2. The van der Waals surface area contributed by atoms with E-state index in [1.165, 1.54) is 12.2 Å². The van der Waals surface area contributed by atoms with Crippen LogP contribution < -0.4 is 0 Å². The van der Waals surface area contributed by atoms with Crippen LogP contribution in [0.15, 0.2) is 71.9 Å². The van der Waals surface area contributed by atoms with Crippen molar-refractivity contribution in [1.29, 1.82) is 0 Å². The molecule has 0 unspecified atom stereocenters. The third-order valence-electron chi connectivity index (χ3n) is 22.3. The fourth-order valence-corrected chi connectivity index (χ4v) is 15.3. The number of fused-ring (bicyclic) bond motifs is 4. The minimum absolute atomic E-state index is 0.00881. The molecule has 98 heavy (non-hydrogen) atoms. The van der Waals surface area contributed by atoms with Gasteiger partial charge in [-0.3, -0.25) is 0 Å². The van der Waals surface area contributed by atoms with Gasteiger partial charge in [-0.15, -0.1) is 0 Å². The number of carbonyl (C=O) groups excluding carboxylic acids is 2. The Hall–Kier alpha value is -3.26. The predicted octanol–water partition coefficient (Wildman–Crippen LogP) is 10.1. The molecule has 0 saturated carbocycles. The number of hydrogen-bond donors (Lipinski definition) is 8. The minimum atomic E-state index is -1.16. The summed E-state index contributed by atoms with van der Waals surface area (Å²) >= 11 is 0. The summed E-state index contributed by atoms with van der Waals surface area (Å²) in [5.41, 5.74) is 1.38. The van der Waals surface area contributed by atoms with Crippen molar-refractivity contribution in [1.82, 2.24) is 0 Å². The van der Waals surface area contributed by atoms with Crippen LogP contribution in [0.3, 0.4) is 0 Å². The van der Waals surface area contributed by atoms with Gasteiger partial charge in [-0.05, 0) is 123 Å². The first-order valence-electron chi connectivity index (χ1n) is 37.1. The van der Waals surface area contributed by atoms with E-state index in [0.717, 1.165) is 32.1 Å². The molecule has 5 heterocycles. The Morgan fingerprint density at radius 2 is 0.898 bits per heavy atom. The van der Waals surface area contributed by atoms with Crippen LogP contribution in [0.25, 0.3) is 0 Å².